The predicted octanol–water partition coefficient (Wildman–Crippen LogP) is 2.57. The fourth-order valence-corrected chi connectivity index (χ4v) is 3.24. The van der Waals surface area contributed by atoms with E-state index < -0.39 is 0 Å². The van der Waals surface area contributed by atoms with Gasteiger partial charge >= 0.3 is 0 Å². The molecule has 1 N–H and O–H groups in total. The van der Waals surface area contributed by atoms with Gasteiger partial charge in [-0.15, -0.1) is 5.10 Å². The van der Waals surface area contributed by atoms with E-state index in [1.54, 1.807) is 4.68 Å². The predicted molar refractivity (Wildman–Crippen MR) is 75.6 cm³/mol. The molecular formula is C15H27N3O. The van der Waals surface area contributed by atoms with Gasteiger partial charge in [-0.05, 0) is 42.9 Å². The van der Waals surface area contributed by atoms with Gasteiger partial charge in [-0.2, -0.15) is 0 Å². The number of hydrogen-bond acceptors (Lipinski definition) is 3. The maximum atomic E-state index is 10.3. The van der Waals surface area contributed by atoms with E-state index in [4.69, 9.17) is 0 Å². The third-order valence-corrected chi connectivity index (χ3v) is 4.61. The largest absolute Gasteiger partial charge is 0.392 e. The Morgan fingerprint density at radius 2 is 1.95 bits per heavy atom. The van der Waals surface area contributed by atoms with E-state index in [0.29, 0.717) is 17.8 Å². The Balaban J connectivity index is 1.84. The van der Waals surface area contributed by atoms with Crippen molar-refractivity contribution in [3.05, 3.63) is 11.9 Å². The zero-order chi connectivity index (χ0) is 14.0. The van der Waals surface area contributed by atoms with Crippen molar-refractivity contribution in [3.63, 3.8) is 0 Å². The number of aromatic nitrogens is 3. The lowest BCUT2D eigenvalue weighted by molar-refractivity contribution is 0.0531. The van der Waals surface area contributed by atoms with Crippen LogP contribution in [0.3, 0.4) is 0 Å². The van der Waals surface area contributed by atoms with Crippen LogP contribution in [0.15, 0.2) is 6.20 Å². The van der Waals surface area contributed by atoms with Crippen molar-refractivity contribution < 1.29 is 5.11 Å². The van der Waals surface area contributed by atoms with Gasteiger partial charge in [0.2, 0.25) is 0 Å². The summed E-state index contributed by atoms with van der Waals surface area (Å²) >= 11 is 0. The van der Waals surface area contributed by atoms with Gasteiger partial charge in [0.15, 0.2) is 0 Å². The average Bonchev–Trinajstić information content (AvgIpc) is 2.74. The van der Waals surface area contributed by atoms with Gasteiger partial charge in [-0.3, -0.25) is 4.68 Å². The summed E-state index contributed by atoms with van der Waals surface area (Å²) in [6.07, 6.45) is 7.03. The fraction of sp³-hybridized carbons (Fsp3) is 0.867. The number of aryl methyl sites for hydroxylation is 1. The Bertz CT molecular complexity index is 400. The molecule has 0 radical (unpaired) electrons. The highest BCUT2D eigenvalue weighted by atomic mass is 16.3. The van der Waals surface area contributed by atoms with Gasteiger partial charge in [0.1, 0.15) is 0 Å². The first kappa shape index (κ1) is 14.5. The van der Waals surface area contributed by atoms with Gasteiger partial charge < -0.3 is 5.11 Å². The summed E-state index contributed by atoms with van der Waals surface area (Å²) in [5.41, 5.74) is 1.30. The van der Waals surface area contributed by atoms with Crippen LogP contribution in [0, 0.1) is 17.3 Å². The van der Waals surface area contributed by atoms with Crippen LogP contribution in [-0.2, 0) is 13.5 Å². The number of rotatable bonds is 3. The third-order valence-electron chi connectivity index (χ3n) is 4.61. The molecule has 1 aromatic rings. The van der Waals surface area contributed by atoms with Crippen molar-refractivity contribution in [2.24, 2.45) is 24.3 Å². The van der Waals surface area contributed by atoms with Crippen LogP contribution in [-0.4, -0.2) is 26.2 Å². The van der Waals surface area contributed by atoms with Gasteiger partial charge in [-0.1, -0.05) is 26.0 Å². The number of hydrogen-bond donors (Lipinski definition) is 1. The lowest BCUT2D eigenvalue weighted by Gasteiger charge is -2.38. The highest BCUT2D eigenvalue weighted by Gasteiger charge is 2.32. The van der Waals surface area contributed by atoms with Gasteiger partial charge in [-0.25, -0.2) is 0 Å². The molecule has 1 unspecified atom stereocenters. The molecule has 108 valence electrons. The topological polar surface area (TPSA) is 50.9 Å². The molecular weight excluding hydrogens is 238 g/mol. The first-order valence-corrected chi connectivity index (χ1v) is 7.39. The summed E-state index contributed by atoms with van der Waals surface area (Å²) < 4.78 is 1.69. The number of aliphatic hydroxyl groups is 1. The lowest BCUT2D eigenvalue weighted by atomic mass is 9.68. The second kappa shape index (κ2) is 5.61. The zero-order valence-electron chi connectivity index (χ0n) is 12.6. The van der Waals surface area contributed by atoms with Crippen LogP contribution in [0.1, 0.15) is 52.1 Å². The summed E-state index contributed by atoms with van der Waals surface area (Å²) in [7, 11) is 1.86. The van der Waals surface area contributed by atoms with Crippen LogP contribution < -0.4 is 0 Å². The molecule has 0 saturated heterocycles. The first-order valence-electron chi connectivity index (χ1n) is 7.39. The van der Waals surface area contributed by atoms with Gasteiger partial charge in [0.05, 0.1) is 11.8 Å². The molecule has 1 aliphatic carbocycles. The van der Waals surface area contributed by atoms with Crippen LogP contribution >= 0.6 is 0 Å². The zero-order valence-corrected chi connectivity index (χ0v) is 12.6. The molecule has 2 rings (SSSR count). The van der Waals surface area contributed by atoms with Crippen LogP contribution in [0.2, 0.25) is 0 Å². The second-order valence-corrected chi connectivity index (χ2v) is 7.13. The SMILES string of the molecule is Cn1cc(CC(O)C2CCC(C(C)(C)C)CC2)nn1. The summed E-state index contributed by atoms with van der Waals surface area (Å²) in [5.74, 6) is 1.23. The fourth-order valence-electron chi connectivity index (χ4n) is 3.24. The molecule has 1 aromatic heterocycles. The second-order valence-electron chi connectivity index (χ2n) is 7.13. The molecule has 0 aromatic carbocycles. The van der Waals surface area contributed by atoms with Crippen molar-refractivity contribution in [2.45, 2.75) is 59.0 Å². The molecule has 0 spiro atoms. The van der Waals surface area contributed by atoms with Crippen molar-refractivity contribution in [2.75, 3.05) is 0 Å². The quantitative estimate of drug-likeness (QED) is 0.914. The third kappa shape index (κ3) is 3.78. The normalized spacial score (nSPS) is 26.4. The Kier molecular flexibility index (Phi) is 4.29. The molecule has 1 saturated carbocycles. The van der Waals surface area contributed by atoms with Crippen molar-refractivity contribution in [3.8, 4) is 0 Å². The molecule has 1 atom stereocenters. The molecule has 19 heavy (non-hydrogen) atoms. The van der Waals surface area contributed by atoms with Crippen molar-refractivity contribution in [1.29, 1.82) is 0 Å². The van der Waals surface area contributed by atoms with Crippen LogP contribution in [0.5, 0.6) is 0 Å². The van der Waals surface area contributed by atoms with E-state index in [1.165, 1.54) is 12.8 Å². The highest BCUT2D eigenvalue weighted by molar-refractivity contribution is 4.96. The average molecular weight is 265 g/mol. The molecule has 1 fully saturated rings. The van der Waals surface area contributed by atoms with Crippen molar-refractivity contribution in [1.82, 2.24) is 15.0 Å². The van der Waals surface area contributed by atoms with Crippen LogP contribution in [0.4, 0.5) is 0 Å². The smallest absolute Gasteiger partial charge is 0.0852 e. The summed E-state index contributed by atoms with van der Waals surface area (Å²) in [6.45, 7) is 6.98. The molecule has 1 aliphatic rings. The minimum absolute atomic E-state index is 0.266. The summed E-state index contributed by atoms with van der Waals surface area (Å²) in [6, 6.07) is 0. The summed E-state index contributed by atoms with van der Waals surface area (Å²) in [5, 5.41) is 18.3. The lowest BCUT2D eigenvalue weighted by Crippen LogP contribution is -2.31. The Morgan fingerprint density at radius 1 is 1.32 bits per heavy atom. The minimum Gasteiger partial charge on any atom is -0.392 e. The Labute approximate surface area is 116 Å². The van der Waals surface area contributed by atoms with E-state index >= 15 is 0 Å². The molecule has 4 heteroatoms. The minimum atomic E-state index is -0.266. The molecule has 0 aliphatic heterocycles. The van der Waals surface area contributed by atoms with Crippen LogP contribution in [0.25, 0.3) is 0 Å². The Hall–Kier alpha value is -0.900. The van der Waals surface area contributed by atoms with E-state index in [2.05, 4.69) is 31.1 Å². The van der Waals surface area contributed by atoms with Gasteiger partial charge in [0, 0.05) is 19.7 Å². The van der Waals surface area contributed by atoms with E-state index in [9.17, 15) is 5.11 Å². The van der Waals surface area contributed by atoms with E-state index in [1.807, 2.05) is 13.2 Å². The standard InChI is InChI=1S/C15H27N3O/c1-15(2,3)12-7-5-11(6-8-12)14(19)9-13-10-18(4)17-16-13/h10-12,14,19H,5-9H2,1-4H3. The summed E-state index contributed by atoms with van der Waals surface area (Å²) in [4.78, 5) is 0. The molecule has 4 nitrogen and oxygen atoms in total. The molecule has 0 bridgehead atoms. The monoisotopic (exact) mass is 265 g/mol. The first-order chi connectivity index (χ1) is 8.86. The molecule has 1 heterocycles. The highest BCUT2D eigenvalue weighted by Crippen LogP contribution is 2.40. The van der Waals surface area contributed by atoms with Gasteiger partial charge in [0.25, 0.3) is 0 Å². The maximum Gasteiger partial charge on any atom is 0.0852 e. The van der Waals surface area contributed by atoms with E-state index in [-0.39, 0.29) is 6.10 Å². The van der Waals surface area contributed by atoms with E-state index in [0.717, 1.165) is 24.5 Å². The Morgan fingerprint density at radius 3 is 2.42 bits per heavy atom. The molecule has 0 amide bonds. The van der Waals surface area contributed by atoms with Crippen molar-refractivity contribution >= 4 is 0 Å². The number of aliphatic hydroxyl groups excluding tert-OH is 1. The maximum absolute atomic E-state index is 10.3. The number of nitrogens with zero attached hydrogens (tertiary/aromatic N) is 3.